The molecule has 6 aliphatic heterocycles. The van der Waals surface area contributed by atoms with Gasteiger partial charge in [-0.25, -0.2) is 14.4 Å². The van der Waals surface area contributed by atoms with E-state index in [-0.39, 0.29) is 89.3 Å². The Morgan fingerprint density at radius 3 is 0.911 bits per heavy atom. The van der Waals surface area contributed by atoms with E-state index >= 15 is 0 Å². The molecular formula is C113H113N7O22S4. The zero-order valence-electron chi connectivity index (χ0n) is 80.9. The highest BCUT2D eigenvalue weighted by atomic mass is 32.2. The Kier molecular flexibility index (Phi) is 32.2. The lowest BCUT2D eigenvalue weighted by atomic mass is 9.98. The lowest BCUT2D eigenvalue weighted by Crippen LogP contribution is -2.37. The molecule has 6 heterocycles. The summed E-state index contributed by atoms with van der Waals surface area (Å²) in [7, 11) is -14.7. The van der Waals surface area contributed by atoms with Gasteiger partial charge in [0.25, 0.3) is 5.91 Å². The van der Waals surface area contributed by atoms with Gasteiger partial charge < -0.3 is 71.4 Å². The van der Waals surface area contributed by atoms with E-state index in [4.69, 9.17) is 41.2 Å². The molecule has 33 heteroatoms. The molecule has 3 aliphatic carbocycles. The number of carbonyl (C=O) groups excluding carboxylic acids is 5. The molecule has 9 aliphatic rings. The molecule has 146 heavy (non-hydrogen) atoms. The number of hydrogen-bond donors (Lipinski definition) is 5. The van der Waals surface area contributed by atoms with Crippen LogP contribution in [0.3, 0.4) is 0 Å². The Hall–Kier alpha value is -14.7. The molecule has 0 fully saturated rings. The van der Waals surface area contributed by atoms with Crippen molar-refractivity contribution in [2.24, 2.45) is 5.14 Å². The maximum absolute atomic E-state index is 12.9. The van der Waals surface area contributed by atoms with Gasteiger partial charge in [0.1, 0.15) is 60.6 Å². The second-order valence-electron chi connectivity index (χ2n) is 36.5. The SMILES string of the molecule is CCS(=O)(=O)Oc1ccc2c(c1)CN(C(=O)OCC1c3ccccc3-c3ccccc31)CC2.CCS(=O)(=O)Oc1ccc2c(c1)CN(C(=O)c1ccc(C=O)cc1)CC2.CCS(=O)(=O)Oc1ccc2c(c1)CNCC2.NS(=O)(=O)Oc1ccc2c(c1)CN(C(=O)OCC1c3ccccc3-c3ccccc31)CC2.O=C(OCC1c2ccccc2-c2ccccc21)N1CCc2ccc(O)cc2C1.Oc1ccc2c(c1)CNCC2. The highest BCUT2D eigenvalue weighted by Crippen LogP contribution is 2.48. The fourth-order valence-electron chi connectivity index (χ4n) is 19.6. The molecule has 22 rings (SSSR count). The normalized spacial score (nSPS) is 14.9. The predicted octanol–water partition coefficient (Wildman–Crippen LogP) is 17.5. The maximum Gasteiger partial charge on any atom is 0.410 e. The predicted molar refractivity (Wildman–Crippen MR) is 555 cm³/mol. The molecule has 13 aromatic rings. The van der Waals surface area contributed by atoms with Crippen molar-refractivity contribution in [2.45, 2.75) is 116 Å². The largest absolute Gasteiger partial charge is 0.508 e. The van der Waals surface area contributed by atoms with Crippen LogP contribution in [-0.2, 0) is 133 Å². The number of nitrogens with zero attached hydrogens (tertiary/aromatic N) is 4. The number of phenolic OH excluding ortho intramolecular Hbond substituents is 2. The number of benzene rings is 13. The fourth-order valence-corrected chi connectivity index (χ4v) is 21.5. The number of nitrogens with two attached hydrogens (primary N) is 1. The summed E-state index contributed by atoms with van der Waals surface area (Å²) in [6, 6.07) is 87.8. The first kappa shape index (κ1) is 103. The summed E-state index contributed by atoms with van der Waals surface area (Å²) in [5.41, 5.74) is 28.2. The van der Waals surface area contributed by atoms with Gasteiger partial charge in [-0.15, -0.1) is 0 Å². The van der Waals surface area contributed by atoms with Crippen LogP contribution in [0.15, 0.2) is 279 Å². The summed E-state index contributed by atoms with van der Waals surface area (Å²) < 4.78 is 129. The molecule has 0 spiro atoms. The van der Waals surface area contributed by atoms with Crippen molar-refractivity contribution in [3.63, 3.8) is 0 Å². The number of phenols is 2. The number of aromatic hydroxyl groups is 2. The second kappa shape index (κ2) is 45.7. The van der Waals surface area contributed by atoms with Gasteiger partial charge in [-0.1, -0.05) is 194 Å². The smallest absolute Gasteiger partial charge is 0.410 e. The molecule has 0 radical (unpaired) electrons. The minimum absolute atomic E-state index is 0.00168. The van der Waals surface area contributed by atoms with Crippen molar-refractivity contribution in [3.8, 4) is 67.9 Å². The van der Waals surface area contributed by atoms with E-state index in [1.807, 2.05) is 109 Å². The van der Waals surface area contributed by atoms with Gasteiger partial charge in [-0.2, -0.15) is 38.8 Å². The van der Waals surface area contributed by atoms with Crippen molar-refractivity contribution in [2.75, 3.05) is 76.3 Å². The standard InChI is InChI=1S/C26H25NO5S.C24H22N2O5S.C24H21NO3.C19H19NO5S.C11H15NO3S.C9H11NO/c1-2-33(29,30)32-20-12-11-18-13-14-27(16-19(18)15-20)26(28)31-17-25-23-9-5-3-7-21(23)22-8-4-6-10-24(22)25;25-32(28,29)31-18-10-9-16-11-12-26(14-17(16)13-18)24(27)30-15-23-21-7-3-1-5-19(21)20-6-2-4-8-22(20)23;26-18-10-9-16-11-12-25(14-17(16)13-18)24(27)28-15-23-21-7-3-1-5-19(21)20-6-2-4-8-22(20)23;1-2-26(23,24)25-18-8-7-15-9-10-20(12-17(15)11-18)19(22)16-5-3-14(13-21)4-6-16;1-2-16(13,14)15-11-4-3-9-5-6-12-8-10(9)7-11;11-9-2-1-7-3-4-10-6-8(7)5-9/h3-12,15,25H,2,13-14,16-17H2,1H3;1-10,13,23H,11-12,14-15H2,(H2,25,28,29);1-10,13,23,26H,11-12,14-15H2;3-8,11,13H,2,9-10,12H2,1H3;3-4,7,12H,2,5-6,8H2,1H3;1-2,5,10-11H,3-4,6H2. The fraction of sp³-hybridized carbons (Fsp3) is 0.265. The monoisotopic (exact) mass is 2050 g/mol. The third-order valence-electron chi connectivity index (χ3n) is 27.2. The molecule has 0 saturated heterocycles. The maximum atomic E-state index is 12.9. The summed E-state index contributed by atoms with van der Waals surface area (Å²) in [4.78, 5) is 68.6. The van der Waals surface area contributed by atoms with Gasteiger partial charge in [-0.3, -0.25) is 9.59 Å². The Labute approximate surface area is 850 Å². The van der Waals surface area contributed by atoms with E-state index in [9.17, 15) is 62.8 Å². The van der Waals surface area contributed by atoms with E-state index in [1.165, 1.54) is 91.7 Å². The van der Waals surface area contributed by atoms with Gasteiger partial charge in [0.2, 0.25) is 0 Å². The number of rotatable bonds is 19. The average Bonchev–Trinajstić information content (AvgIpc) is 1.61. The van der Waals surface area contributed by atoms with Crippen LogP contribution in [0.1, 0.15) is 159 Å². The van der Waals surface area contributed by atoms with Crippen LogP contribution in [0, 0.1) is 0 Å². The third kappa shape index (κ3) is 25.1. The van der Waals surface area contributed by atoms with Crippen molar-refractivity contribution < 1.29 is 98.8 Å². The lowest BCUT2D eigenvalue weighted by molar-refractivity contribution is 0.0733. The van der Waals surface area contributed by atoms with Crippen LogP contribution in [0.4, 0.5) is 14.4 Å². The Morgan fingerprint density at radius 1 is 0.329 bits per heavy atom. The molecule has 0 saturated carbocycles. The molecule has 0 unspecified atom stereocenters. The van der Waals surface area contributed by atoms with Gasteiger partial charge in [0.15, 0.2) is 0 Å². The molecule has 0 aromatic heterocycles. The number of amides is 4. The summed E-state index contributed by atoms with van der Waals surface area (Å²) in [6.45, 7) is 13.0. The third-order valence-corrected chi connectivity index (χ3v) is 31.1. The van der Waals surface area contributed by atoms with Crippen molar-refractivity contribution >= 4 is 71.1 Å². The molecular weight excluding hydrogens is 1940 g/mol. The first-order valence-electron chi connectivity index (χ1n) is 48.6. The van der Waals surface area contributed by atoms with E-state index < -0.39 is 46.8 Å². The van der Waals surface area contributed by atoms with Gasteiger partial charge in [0.05, 0.1) is 17.3 Å². The number of aldehydes is 1. The van der Waals surface area contributed by atoms with E-state index in [2.05, 4.69) is 83.4 Å². The highest BCUT2D eigenvalue weighted by molar-refractivity contribution is 7.87. The molecule has 13 aromatic carbocycles. The van der Waals surface area contributed by atoms with Crippen LogP contribution in [-0.4, -0.2) is 170 Å². The number of ether oxygens (including phenoxy) is 3. The molecule has 756 valence electrons. The first-order chi connectivity index (χ1) is 70.4. The van der Waals surface area contributed by atoms with Crippen molar-refractivity contribution in [3.05, 3.63) is 390 Å². The summed E-state index contributed by atoms with van der Waals surface area (Å²) in [6.07, 6.45) is 4.54. The number of carbonyl (C=O) groups is 5. The number of hydrogen-bond acceptors (Lipinski definition) is 24. The molecule has 0 bridgehead atoms. The van der Waals surface area contributed by atoms with Crippen LogP contribution < -0.4 is 32.5 Å². The zero-order chi connectivity index (χ0) is 102. The minimum Gasteiger partial charge on any atom is -0.508 e. The van der Waals surface area contributed by atoms with Gasteiger partial charge in [0, 0.05) is 94.3 Å². The summed E-state index contributed by atoms with van der Waals surface area (Å²) in [5, 5.41) is 30.3. The van der Waals surface area contributed by atoms with Crippen LogP contribution >= 0.6 is 0 Å². The van der Waals surface area contributed by atoms with Crippen LogP contribution in [0.25, 0.3) is 33.4 Å². The average molecular weight is 2050 g/mol. The topological polar surface area (TPSA) is 390 Å². The van der Waals surface area contributed by atoms with Gasteiger partial charge >= 0.3 is 58.9 Å². The Morgan fingerprint density at radius 2 is 0.596 bits per heavy atom. The minimum atomic E-state index is -4.11. The van der Waals surface area contributed by atoms with Gasteiger partial charge in [-0.05, 0) is 291 Å². The Balaban J connectivity index is 0.000000123. The second-order valence-corrected chi connectivity index (χ2v) is 43.2. The number of nitrogens with one attached hydrogen (secondary N) is 2. The molecule has 6 N–H and O–H groups in total. The highest BCUT2D eigenvalue weighted by Gasteiger charge is 2.36. The van der Waals surface area contributed by atoms with Crippen LogP contribution in [0.5, 0.6) is 34.5 Å². The summed E-state index contributed by atoms with van der Waals surface area (Å²) >= 11 is 0. The quantitative estimate of drug-likeness (QED) is 0.0285. The molecule has 29 nitrogen and oxygen atoms in total. The zero-order valence-corrected chi connectivity index (χ0v) is 84.2. The number of fused-ring (bicyclic) bond motifs is 15. The first-order valence-corrected chi connectivity index (χ1v) is 54.8. The summed E-state index contributed by atoms with van der Waals surface area (Å²) in [5.74, 6) is 1.39. The van der Waals surface area contributed by atoms with Crippen molar-refractivity contribution in [1.82, 2.24) is 30.2 Å². The van der Waals surface area contributed by atoms with E-state index in [0.29, 0.717) is 101 Å². The van der Waals surface area contributed by atoms with Crippen LogP contribution in [0.2, 0.25) is 0 Å². The lowest BCUT2D eigenvalue weighted by Gasteiger charge is -2.29. The Bertz CT molecular complexity index is 7420. The molecule has 4 amide bonds. The molecule has 0 atom stereocenters. The van der Waals surface area contributed by atoms with Crippen molar-refractivity contribution in [1.29, 1.82) is 0 Å². The van der Waals surface area contributed by atoms with E-state index in [1.54, 1.807) is 124 Å². The van der Waals surface area contributed by atoms with E-state index in [0.717, 1.165) is 107 Å².